The maximum Gasteiger partial charge on any atom is 0.221 e. The van der Waals surface area contributed by atoms with E-state index in [1.165, 1.54) is 45.4 Å². The molecule has 1 saturated carbocycles. The van der Waals surface area contributed by atoms with E-state index in [-0.39, 0.29) is 5.91 Å². The minimum atomic E-state index is -0.0739. The van der Waals surface area contributed by atoms with Crippen LogP contribution in [-0.2, 0) is 11.3 Å². The van der Waals surface area contributed by atoms with Crippen LogP contribution in [0.1, 0.15) is 51.0 Å². The molecule has 0 aromatic heterocycles. The number of hydrogen-bond acceptors (Lipinski definition) is 2. The van der Waals surface area contributed by atoms with Crippen molar-refractivity contribution < 1.29 is 4.79 Å². The maximum absolute atomic E-state index is 11.1. The van der Waals surface area contributed by atoms with Crippen LogP contribution in [0.25, 0.3) is 0 Å². The summed E-state index contributed by atoms with van der Waals surface area (Å²) in [6, 6.07) is 8.13. The van der Waals surface area contributed by atoms with Gasteiger partial charge >= 0.3 is 0 Å². The van der Waals surface area contributed by atoms with Gasteiger partial charge in [0.15, 0.2) is 5.96 Å². The van der Waals surface area contributed by atoms with E-state index in [2.05, 4.69) is 15.6 Å². The van der Waals surface area contributed by atoms with Crippen molar-refractivity contribution in [2.45, 2.75) is 58.0 Å². The van der Waals surface area contributed by atoms with Crippen molar-refractivity contribution in [3.63, 3.8) is 0 Å². The summed E-state index contributed by atoms with van der Waals surface area (Å²) in [5.41, 5.74) is 7.80. The van der Waals surface area contributed by atoms with Crippen LogP contribution < -0.4 is 16.4 Å². The Kier molecular flexibility index (Phi) is 6.25. The standard InChI is InChI=1S/C17H26N4O/c1-13(22)20-16-10-6-7-14(11-16)12-19-17(18)21-15-8-4-2-3-5-9-15/h6-7,10-11,15H,2-5,8-9,12H2,1H3,(H,20,22)(H3,18,19,21). The molecule has 1 aliphatic carbocycles. The molecule has 22 heavy (non-hydrogen) atoms. The van der Waals surface area contributed by atoms with E-state index in [0.29, 0.717) is 18.5 Å². The summed E-state index contributed by atoms with van der Waals surface area (Å²) in [6.45, 7) is 2.01. The van der Waals surface area contributed by atoms with Crippen LogP contribution in [0, 0.1) is 0 Å². The second-order valence-corrected chi connectivity index (χ2v) is 5.92. The second kappa shape index (κ2) is 8.41. The van der Waals surface area contributed by atoms with Gasteiger partial charge < -0.3 is 16.4 Å². The lowest BCUT2D eigenvalue weighted by atomic mass is 10.1. The summed E-state index contributed by atoms with van der Waals surface area (Å²) in [6.07, 6.45) is 7.53. The van der Waals surface area contributed by atoms with Crippen LogP contribution in [0.15, 0.2) is 29.3 Å². The van der Waals surface area contributed by atoms with Gasteiger partial charge in [0.25, 0.3) is 0 Å². The number of amides is 1. The van der Waals surface area contributed by atoms with Gasteiger partial charge in [-0.05, 0) is 30.5 Å². The van der Waals surface area contributed by atoms with Gasteiger partial charge in [-0.3, -0.25) is 4.79 Å². The first-order valence-corrected chi connectivity index (χ1v) is 8.06. The molecule has 0 unspecified atom stereocenters. The predicted molar refractivity (Wildman–Crippen MR) is 90.7 cm³/mol. The van der Waals surface area contributed by atoms with Crippen molar-refractivity contribution in [1.82, 2.24) is 5.32 Å². The van der Waals surface area contributed by atoms with Crippen LogP contribution in [0.3, 0.4) is 0 Å². The van der Waals surface area contributed by atoms with Crippen LogP contribution in [-0.4, -0.2) is 17.9 Å². The summed E-state index contributed by atoms with van der Waals surface area (Å²) < 4.78 is 0. The fraction of sp³-hybridized carbons (Fsp3) is 0.529. The van der Waals surface area contributed by atoms with Crippen molar-refractivity contribution in [2.75, 3.05) is 5.32 Å². The van der Waals surface area contributed by atoms with Crippen LogP contribution >= 0.6 is 0 Å². The number of guanidine groups is 1. The Hall–Kier alpha value is -2.04. The largest absolute Gasteiger partial charge is 0.370 e. The molecule has 0 atom stereocenters. The monoisotopic (exact) mass is 302 g/mol. The van der Waals surface area contributed by atoms with Gasteiger partial charge in [-0.15, -0.1) is 0 Å². The number of carbonyl (C=O) groups excluding carboxylic acids is 1. The summed E-state index contributed by atoms with van der Waals surface area (Å²) in [4.78, 5) is 15.5. The normalized spacial score (nSPS) is 16.9. The highest BCUT2D eigenvalue weighted by atomic mass is 16.1. The Morgan fingerprint density at radius 3 is 2.68 bits per heavy atom. The SMILES string of the molecule is CC(=O)Nc1cccc(CN=C(N)NC2CCCCCC2)c1. The molecule has 1 fully saturated rings. The molecule has 0 spiro atoms. The summed E-state index contributed by atoms with van der Waals surface area (Å²) in [7, 11) is 0. The zero-order valence-electron chi connectivity index (χ0n) is 13.3. The van der Waals surface area contributed by atoms with E-state index >= 15 is 0 Å². The number of anilines is 1. The van der Waals surface area contributed by atoms with Gasteiger partial charge in [0.05, 0.1) is 6.54 Å². The lowest BCUT2D eigenvalue weighted by Gasteiger charge is -2.16. The molecule has 0 heterocycles. The molecular formula is C17H26N4O. The molecule has 1 aromatic carbocycles. The smallest absolute Gasteiger partial charge is 0.221 e. The first-order chi connectivity index (χ1) is 10.6. The Morgan fingerprint density at radius 1 is 1.27 bits per heavy atom. The topological polar surface area (TPSA) is 79.5 Å². The average molecular weight is 302 g/mol. The van der Waals surface area contributed by atoms with Crippen LogP contribution in [0.4, 0.5) is 5.69 Å². The van der Waals surface area contributed by atoms with Gasteiger partial charge in [0.1, 0.15) is 0 Å². The number of rotatable bonds is 4. The number of benzene rings is 1. The Bertz CT molecular complexity index is 519. The average Bonchev–Trinajstić information content (AvgIpc) is 2.73. The highest BCUT2D eigenvalue weighted by molar-refractivity contribution is 5.88. The van der Waals surface area contributed by atoms with Gasteiger partial charge in [0.2, 0.25) is 5.91 Å². The highest BCUT2D eigenvalue weighted by Crippen LogP contribution is 2.17. The zero-order valence-corrected chi connectivity index (χ0v) is 13.3. The Morgan fingerprint density at radius 2 is 2.00 bits per heavy atom. The number of nitrogens with two attached hydrogens (primary N) is 1. The van der Waals surface area contributed by atoms with Gasteiger partial charge in [-0.2, -0.15) is 0 Å². The molecule has 1 aromatic rings. The van der Waals surface area contributed by atoms with E-state index < -0.39 is 0 Å². The van der Waals surface area contributed by atoms with E-state index in [1.54, 1.807) is 0 Å². The fourth-order valence-electron chi connectivity index (χ4n) is 2.81. The summed E-state index contributed by atoms with van der Waals surface area (Å²) >= 11 is 0. The molecule has 1 aliphatic rings. The summed E-state index contributed by atoms with van der Waals surface area (Å²) in [5, 5.41) is 6.11. The van der Waals surface area contributed by atoms with Crippen LogP contribution in [0.2, 0.25) is 0 Å². The van der Waals surface area contributed by atoms with E-state index in [0.717, 1.165) is 11.3 Å². The third-order valence-corrected chi connectivity index (χ3v) is 3.89. The lowest BCUT2D eigenvalue weighted by molar-refractivity contribution is -0.114. The van der Waals surface area contributed by atoms with E-state index in [1.807, 2.05) is 24.3 Å². The van der Waals surface area contributed by atoms with Crippen molar-refractivity contribution in [3.8, 4) is 0 Å². The molecule has 0 bridgehead atoms. The van der Waals surface area contributed by atoms with Gasteiger partial charge in [-0.1, -0.05) is 37.8 Å². The maximum atomic E-state index is 11.1. The molecule has 0 aliphatic heterocycles. The predicted octanol–water partition coefficient (Wildman–Crippen LogP) is 2.77. The molecule has 2 rings (SSSR count). The quantitative estimate of drug-likeness (QED) is 0.454. The Balaban J connectivity index is 1.88. The molecule has 1 amide bonds. The molecule has 5 heteroatoms. The Labute approximate surface area is 132 Å². The molecule has 120 valence electrons. The van der Waals surface area contributed by atoms with Crippen LogP contribution in [0.5, 0.6) is 0 Å². The third kappa shape index (κ3) is 5.76. The number of nitrogens with zero attached hydrogens (tertiary/aromatic N) is 1. The molecular weight excluding hydrogens is 276 g/mol. The summed E-state index contributed by atoms with van der Waals surface area (Å²) in [5.74, 6) is 0.437. The molecule has 0 saturated heterocycles. The number of carbonyl (C=O) groups is 1. The van der Waals surface area contributed by atoms with Crippen molar-refractivity contribution >= 4 is 17.6 Å². The van der Waals surface area contributed by atoms with E-state index in [4.69, 9.17) is 5.73 Å². The van der Waals surface area contributed by atoms with Gasteiger partial charge in [0, 0.05) is 18.7 Å². The van der Waals surface area contributed by atoms with Crippen molar-refractivity contribution in [1.29, 1.82) is 0 Å². The zero-order chi connectivity index (χ0) is 15.8. The highest BCUT2D eigenvalue weighted by Gasteiger charge is 2.12. The first-order valence-electron chi connectivity index (χ1n) is 8.06. The molecule has 5 nitrogen and oxygen atoms in total. The fourth-order valence-corrected chi connectivity index (χ4v) is 2.81. The first kappa shape index (κ1) is 16.3. The number of nitrogens with one attached hydrogen (secondary N) is 2. The van der Waals surface area contributed by atoms with E-state index in [9.17, 15) is 4.79 Å². The third-order valence-electron chi connectivity index (χ3n) is 3.89. The van der Waals surface area contributed by atoms with Crippen molar-refractivity contribution in [2.24, 2.45) is 10.7 Å². The van der Waals surface area contributed by atoms with Gasteiger partial charge in [-0.25, -0.2) is 4.99 Å². The number of hydrogen-bond donors (Lipinski definition) is 3. The number of aliphatic imine (C=N–C) groups is 1. The molecule has 4 N–H and O–H groups in total. The lowest BCUT2D eigenvalue weighted by Crippen LogP contribution is -2.39. The molecule has 0 radical (unpaired) electrons. The van der Waals surface area contributed by atoms with Crippen molar-refractivity contribution in [3.05, 3.63) is 29.8 Å². The minimum Gasteiger partial charge on any atom is -0.370 e. The second-order valence-electron chi connectivity index (χ2n) is 5.92. The minimum absolute atomic E-state index is 0.0739.